The summed E-state index contributed by atoms with van der Waals surface area (Å²) < 4.78 is 2.11. The van der Waals surface area contributed by atoms with Crippen molar-refractivity contribution in [2.45, 2.75) is 26.2 Å². The molecule has 0 radical (unpaired) electrons. The number of nitrogens with zero attached hydrogens (tertiary/aromatic N) is 4. The molecule has 5 heteroatoms. The number of aromatic nitrogens is 4. The number of imidazole rings is 1. The van der Waals surface area contributed by atoms with Gasteiger partial charge in [0.2, 0.25) is 0 Å². The lowest BCUT2D eigenvalue weighted by atomic mass is 10.00. The molecule has 2 aromatic heterocycles. The van der Waals surface area contributed by atoms with E-state index in [1.165, 1.54) is 6.33 Å². The Morgan fingerprint density at radius 3 is 2.67 bits per heavy atom. The standard InChI is InChI=1S/C16H19N5/c1-10(2)15-12(18-9-19-16(15)17)8-14-20-11-6-4-5-7-13(11)21(14)3/h4-7,9-10H,8H2,1-3H3,(H2,17,18,19). The first-order valence-corrected chi connectivity index (χ1v) is 7.07. The summed E-state index contributed by atoms with van der Waals surface area (Å²) in [5.41, 5.74) is 10.1. The van der Waals surface area contributed by atoms with Crippen LogP contribution in [-0.2, 0) is 13.5 Å². The predicted molar refractivity (Wildman–Crippen MR) is 84.1 cm³/mol. The maximum absolute atomic E-state index is 6.01. The van der Waals surface area contributed by atoms with Gasteiger partial charge in [-0.3, -0.25) is 0 Å². The fraction of sp³-hybridized carbons (Fsp3) is 0.312. The van der Waals surface area contributed by atoms with E-state index in [4.69, 9.17) is 10.7 Å². The fourth-order valence-electron chi connectivity index (χ4n) is 2.72. The van der Waals surface area contributed by atoms with Gasteiger partial charge in [-0.15, -0.1) is 0 Å². The number of nitrogen functional groups attached to an aromatic ring is 1. The number of nitrogens with two attached hydrogens (primary N) is 1. The van der Waals surface area contributed by atoms with Gasteiger partial charge in [-0.2, -0.15) is 0 Å². The first-order valence-electron chi connectivity index (χ1n) is 7.07. The number of anilines is 1. The molecule has 0 aliphatic heterocycles. The molecule has 0 atom stereocenters. The predicted octanol–water partition coefficient (Wildman–Crippen LogP) is 2.66. The first kappa shape index (κ1) is 13.5. The van der Waals surface area contributed by atoms with Crippen LogP contribution in [0.25, 0.3) is 11.0 Å². The quantitative estimate of drug-likeness (QED) is 0.801. The van der Waals surface area contributed by atoms with Crippen LogP contribution in [0.5, 0.6) is 0 Å². The van der Waals surface area contributed by atoms with Crippen LogP contribution in [0.3, 0.4) is 0 Å². The minimum atomic E-state index is 0.288. The molecule has 0 saturated carbocycles. The highest BCUT2D eigenvalue weighted by Gasteiger charge is 2.16. The molecule has 2 N–H and O–H groups in total. The number of rotatable bonds is 3. The Labute approximate surface area is 123 Å². The van der Waals surface area contributed by atoms with Crippen LogP contribution in [0.15, 0.2) is 30.6 Å². The molecule has 3 rings (SSSR count). The fourth-order valence-corrected chi connectivity index (χ4v) is 2.72. The van der Waals surface area contributed by atoms with Gasteiger partial charge in [-0.25, -0.2) is 15.0 Å². The molecule has 5 nitrogen and oxygen atoms in total. The third kappa shape index (κ3) is 2.35. The number of para-hydroxylation sites is 2. The van der Waals surface area contributed by atoms with Crippen molar-refractivity contribution in [2.24, 2.45) is 7.05 Å². The Balaban J connectivity index is 2.07. The number of hydrogen-bond acceptors (Lipinski definition) is 4. The maximum atomic E-state index is 6.01. The average molecular weight is 281 g/mol. The summed E-state index contributed by atoms with van der Waals surface area (Å²) in [6.07, 6.45) is 2.19. The van der Waals surface area contributed by atoms with E-state index in [9.17, 15) is 0 Å². The van der Waals surface area contributed by atoms with Gasteiger partial charge in [-0.05, 0) is 18.1 Å². The summed E-state index contributed by atoms with van der Waals surface area (Å²) in [6, 6.07) is 8.12. The molecule has 0 fully saturated rings. The topological polar surface area (TPSA) is 69.6 Å². The van der Waals surface area contributed by atoms with Gasteiger partial charge >= 0.3 is 0 Å². The molecular formula is C16H19N5. The van der Waals surface area contributed by atoms with Crippen molar-refractivity contribution in [3.8, 4) is 0 Å². The van der Waals surface area contributed by atoms with Gasteiger partial charge in [0.15, 0.2) is 0 Å². The summed E-state index contributed by atoms with van der Waals surface area (Å²) in [4.78, 5) is 13.2. The molecule has 0 saturated heterocycles. The van der Waals surface area contributed by atoms with Crippen molar-refractivity contribution in [3.63, 3.8) is 0 Å². The number of hydrogen-bond donors (Lipinski definition) is 1. The minimum absolute atomic E-state index is 0.288. The lowest BCUT2D eigenvalue weighted by molar-refractivity contribution is 0.785. The van der Waals surface area contributed by atoms with Crippen molar-refractivity contribution in [1.82, 2.24) is 19.5 Å². The van der Waals surface area contributed by atoms with Crippen molar-refractivity contribution in [3.05, 3.63) is 47.7 Å². The van der Waals surface area contributed by atoms with E-state index in [1.807, 2.05) is 25.2 Å². The van der Waals surface area contributed by atoms with Crippen LogP contribution in [-0.4, -0.2) is 19.5 Å². The first-order chi connectivity index (χ1) is 10.1. The zero-order valence-electron chi connectivity index (χ0n) is 12.5. The SMILES string of the molecule is CC(C)c1c(N)ncnc1Cc1nc2ccccc2n1C. The van der Waals surface area contributed by atoms with Crippen molar-refractivity contribution < 1.29 is 0 Å². The Morgan fingerprint density at radius 2 is 1.95 bits per heavy atom. The van der Waals surface area contributed by atoms with E-state index in [0.717, 1.165) is 28.1 Å². The molecular weight excluding hydrogens is 262 g/mol. The van der Waals surface area contributed by atoms with Crippen molar-refractivity contribution in [1.29, 1.82) is 0 Å². The maximum Gasteiger partial charge on any atom is 0.130 e. The number of aryl methyl sites for hydroxylation is 1. The summed E-state index contributed by atoms with van der Waals surface area (Å²) in [6.45, 7) is 4.21. The molecule has 2 heterocycles. The third-order valence-corrected chi connectivity index (χ3v) is 3.78. The van der Waals surface area contributed by atoms with Crippen molar-refractivity contribution >= 4 is 16.9 Å². The Hall–Kier alpha value is -2.43. The monoisotopic (exact) mass is 281 g/mol. The average Bonchev–Trinajstić information content (AvgIpc) is 2.76. The smallest absolute Gasteiger partial charge is 0.130 e. The van der Waals surface area contributed by atoms with Gasteiger partial charge < -0.3 is 10.3 Å². The van der Waals surface area contributed by atoms with E-state index < -0.39 is 0 Å². The van der Waals surface area contributed by atoms with Gasteiger partial charge in [-0.1, -0.05) is 26.0 Å². The normalized spacial score (nSPS) is 11.4. The van der Waals surface area contributed by atoms with Crippen molar-refractivity contribution in [2.75, 3.05) is 5.73 Å². The van der Waals surface area contributed by atoms with Gasteiger partial charge in [0.25, 0.3) is 0 Å². The summed E-state index contributed by atoms with van der Waals surface area (Å²) in [7, 11) is 2.03. The summed E-state index contributed by atoms with van der Waals surface area (Å²) in [5, 5.41) is 0. The summed E-state index contributed by atoms with van der Waals surface area (Å²) in [5.74, 6) is 1.83. The largest absolute Gasteiger partial charge is 0.383 e. The van der Waals surface area contributed by atoms with Crippen LogP contribution in [0, 0.1) is 0 Å². The Bertz CT molecular complexity index is 788. The van der Waals surface area contributed by atoms with Crippen LogP contribution in [0.4, 0.5) is 5.82 Å². The Morgan fingerprint density at radius 1 is 1.19 bits per heavy atom. The van der Waals surface area contributed by atoms with E-state index in [0.29, 0.717) is 12.2 Å². The second kappa shape index (κ2) is 5.16. The van der Waals surface area contributed by atoms with Crippen LogP contribution in [0.2, 0.25) is 0 Å². The lowest BCUT2D eigenvalue weighted by Gasteiger charge is -2.13. The second-order valence-electron chi connectivity index (χ2n) is 5.53. The molecule has 0 aliphatic carbocycles. The van der Waals surface area contributed by atoms with Crippen LogP contribution >= 0.6 is 0 Å². The highest BCUT2D eigenvalue weighted by molar-refractivity contribution is 5.75. The van der Waals surface area contributed by atoms with Gasteiger partial charge in [0.1, 0.15) is 18.0 Å². The van der Waals surface area contributed by atoms with Crippen LogP contribution in [0.1, 0.15) is 36.8 Å². The number of fused-ring (bicyclic) bond motifs is 1. The molecule has 21 heavy (non-hydrogen) atoms. The second-order valence-corrected chi connectivity index (χ2v) is 5.53. The molecule has 3 aromatic rings. The molecule has 0 unspecified atom stereocenters. The molecule has 0 spiro atoms. The van der Waals surface area contributed by atoms with Gasteiger partial charge in [0.05, 0.1) is 16.7 Å². The molecule has 0 bridgehead atoms. The molecule has 108 valence electrons. The van der Waals surface area contributed by atoms with Gasteiger partial charge in [0, 0.05) is 19.0 Å². The van der Waals surface area contributed by atoms with E-state index in [1.54, 1.807) is 0 Å². The Kier molecular flexibility index (Phi) is 3.33. The highest BCUT2D eigenvalue weighted by atomic mass is 15.1. The molecule has 0 amide bonds. The lowest BCUT2D eigenvalue weighted by Crippen LogP contribution is -2.09. The zero-order chi connectivity index (χ0) is 15.0. The van der Waals surface area contributed by atoms with Crippen LogP contribution < -0.4 is 5.73 Å². The van der Waals surface area contributed by atoms with E-state index in [-0.39, 0.29) is 5.92 Å². The summed E-state index contributed by atoms with van der Waals surface area (Å²) >= 11 is 0. The molecule has 0 aliphatic rings. The minimum Gasteiger partial charge on any atom is -0.383 e. The van der Waals surface area contributed by atoms with E-state index >= 15 is 0 Å². The zero-order valence-corrected chi connectivity index (χ0v) is 12.5. The third-order valence-electron chi connectivity index (χ3n) is 3.78. The number of benzene rings is 1. The highest BCUT2D eigenvalue weighted by Crippen LogP contribution is 2.25. The van der Waals surface area contributed by atoms with E-state index in [2.05, 4.69) is 34.4 Å². The molecule has 1 aromatic carbocycles.